The lowest BCUT2D eigenvalue weighted by atomic mass is 10.0. The molecule has 0 bridgehead atoms. The number of hydrogen-bond acceptors (Lipinski definition) is 3. The first-order chi connectivity index (χ1) is 9.74. The molecule has 0 aliphatic heterocycles. The fourth-order valence-corrected chi connectivity index (χ4v) is 3.51. The van der Waals surface area contributed by atoms with E-state index in [0.29, 0.717) is 6.61 Å². The molecule has 0 saturated carbocycles. The second-order valence-electron chi connectivity index (χ2n) is 4.57. The van der Waals surface area contributed by atoms with Crippen molar-refractivity contribution in [2.24, 2.45) is 0 Å². The lowest BCUT2D eigenvalue weighted by Gasteiger charge is -2.18. The maximum absolute atomic E-state index is 5.51. The highest BCUT2D eigenvalue weighted by molar-refractivity contribution is 14.1. The zero-order valence-corrected chi connectivity index (χ0v) is 14.8. The molecule has 1 atom stereocenters. The molecule has 0 aliphatic rings. The summed E-state index contributed by atoms with van der Waals surface area (Å²) in [5.41, 5.74) is 2.63. The molecule has 1 heterocycles. The fourth-order valence-electron chi connectivity index (χ4n) is 2.11. The van der Waals surface area contributed by atoms with Gasteiger partial charge in [0.2, 0.25) is 0 Å². The van der Waals surface area contributed by atoms with Crippen LogP contribution in [0.25, 0.3) is 0 Å². The van der Waals surface area contributed by atoms with Gasteiger partial charge in [-0.1, -0.05) is 19.1 Å². The minimum absolute atomic E-state index is 0.269. The number of halogens is 1. The lowest BCUT2D eigenvalue weighted by Crippen LogP contribution is -2.22. The number of nitrogens with one attached hydrogen (secondary N) is 1. The minimum atomic E-state index is 0.269. The molecular weight excluding hydrogens is 381 g/mol. The van der Waals surface area contributed by atoms with Gasteiger partial charge in [0.05, 0.1) is 15.5 Å². The van der Waals surface area contributed by atoms with E-state index in [2.05, 4.69) is 70.5 Å². The minimum Gasteiger partial charge on any atom is -0.494 e. The van der Waals surface area contributed by atoms with E-state index in [-0.39, 0.29) is 6.04 Å². The zero-order chi connectivity index (χ0) is 14.4. The van der Waals surface area contributed by atoms with Crippen molar-refractivity contribution in [1.29, 1.82) is 0 Å². The molecule has 2 rings (SSSR count). The normalized spacial score (nSPS) is 12.3. The van der Waals surface area contributed by atoms with Crippen molar-refractivity contribution in [3.63, 3.8) is 0 Å². The molecule has 0 fully saturated rings. The van der Waals surface area contributed by atoms with Gasteiger partial charge in [0, 0.05) is 0 Å². The van der Waals surface area contributed by atoms with Crippen molar-refractivity contribution in [2.75, 3.05) is 13.2 Å². The van der Waals surface area contributed by atoms with Crippen molar-refractivity contribution < 1.29 is 4.74 Å². The summed E-state index contributed by atoms with van der Waals surface area (Å²) in [6, 6.07) is 10.9. The molecule has 0 spiro atoms. The van der Waals surface area contributed by atoms with E-state index in [1.54, 1.807) is 11.3 Å². The summed E-state index contributed by atoms with van der Waals surface area (Å²) in [5.74, 6) is 0.936. The average Bonchev–Trinajstić information content (AvgIpc) is 2.88. The monoisotopic (exact) mass is 401 g/mol. The van der Waals surface area contributed by atoms with Crippen LogP contribution in [0.5, 0.6) is 5.75 Å². The number of ether oxygens (including phenoxy) is 1. The molecule has 4 heteroatoms. The Bertz CT molecular complexity index is 524. The van der Waals surface area contributed by atoms with E-state index < -0.39 is 0 Å². The largest absolute Gasteiger partial charge is 0.494 e. The van der Waals surface area contributed by atoms with Crippen LogP contribution < -0.4 is 10.1 Å². The Morgan fingerprint density at radius 2 is 1.95 bits per heavy atom. The summed E-state index contributed by atoms with van der Waals surface area (Å²) in [7, 11) is 0. The third-order valence-electron chi connectivity index (χ3n) is 3.04. The van der Waals surface area contributed by atoms with Gasteiger partial charge < -0.3 is 10.1 Å². The third kappa shape index (κ3) is 4.20. The van der Waals surface area contributed by atoms with Crippen molar-refractivity contribution in [3.05, 3.63) is 49.7 Å². The highest BCUT2D eigenvalue weighted by Crippen LogP contribution is 2.28. The molecule has 20 heavy (non-hydrogen) atoms. The SMILES string of the molecule is CCCNC(c1ccc(OCC)cc1)c1csc(I)c1. The van der Waals surface area contributed by atoms with Gasteiger partial charge in [-0.05, 0) is 77.2 Å². The molecule has 1 aromatic carbocycles. The first kappa shape index (κ1) is 15.8. The molecule has 0 amide bonds. The van der Waals surface area contributed by atoms with Gasteiger partial charge in [0.25, 0.3) is 0 Å². The predicted molar refractivity (Wildman–Crippen MR) is 94.8 cm³/mol. The highest BCUT2D eigenvalue weighted by Gasteiger charge is 2.14. The van der Waals surface area contributed by atoms with E-state index in [4.69, 9.17) is 4.74 Å². The van der Waals surface area contributed by atoms with Crippen LogP contribution in [-0.4, -0.2) is 13.2 Å². The lowest BCUT2D eigenvalue weighted by molar-refractivity contribution is 0.340. The van der Waals surface area contributed by atoms with Gasteiger partial charge in [-0.25, -0.2) is 0 Å². The van der Waals surface area contributed by atoms with E-state index in [9.17, 15) is 0 Å². The van der Waals surface area contributed by atoms with Crippen LogP contribution in [0.1, 0.15) is 37.4 Å². The van der Waals surface area contributed by atoms with Gasteiger partial charge in [-0.3, -0.25) is 0 Å². The van der Waals surface area contributed by atoms with Crippen LogP contribution in [0.2, 0.25) is 0 Å². The molecule has 2 nitrogen and oxygen atoms in total. The first-order valence-electron chi connectivity index (χ1n) is 6.94. The molecule has 1 unspecified atom stereocenters. The molecule has 108 valence electrons. The maximum Gasteiger partial charge on any atom is 0.119 e. The Kier molecular flexibility index (Phi) is 6.32. The van der Waals surface area contributed by atoms with Gasteiger partial charge in [-0.15, -0.1) is 11.3 Å². The van der Waals surface area contributed by atoms with Gasteiger partial charge in [0.1, 0.15) is 5.75 Å². The topological polar surface area (TPSA) is 21.3 Å². The molecule has 1 N–H and O–H groups in total. The van der Waals surface area contributed by atoms with Crippen molar-refractivity contribution in [1.82, 2.24) is 5.32 Å². The fraction of sp³-hybridized carbons (Fsp3) is 0.375. The summed E-state index contributed by atoms with van der Waals surface area (Å²) in [6.45, 7) is 5.93. The summed E-state index contributed by atoms with van der Waals surface area (Å²) in [6.07, 6.45) is 1.13. The summed E-state index contributed by atoms with van der Waals surface area (Å²) in [5, 5.41) is 5.87. The Labute approximate surface area is 138 Å². The Balaban J connectivity index is 2.21. The maximum atomic E-state index is 5.51. The number of thiophene rings is 1. The van der Waals surface area contributed by atoms with Crippen LogP contribution in [-0.2, 0) is 0 Å². The summed E-state index contributed by atoms with van der Waals surface area (Å²) in [4.78, 5) is 0. The number of rotatable bonds is 7. The van der Waals surface area contributed by atoms with Crippen molar-refractivity contribution in [2.45, 2.75) is 26.3 Å². The number of hydrogen-bond donors (Lipinski definition) is 1. The molecule has 2 aromatic rings. The smallest absolute Gasteiger partial charge is 0.119 e. The first-order valence-corrected chi connectivity index (χ1v) is 8.90. The van der Waals surface area contributed by atoms with Gasteiger partial charge >= 0.3 is 0 Å². The van der Waals surface area contributed by atoms with Crippen LogP contribution in [0.4, 0.5) is 0 Å². The summed E-state index contributed by atoms with van der Waals surface area (Å²) >= 11 is 4.17. The molecule has 0 radical (unpaired) electrons. The van der Waals surface area contributed by atoms with Crippen LogP contribution in [0, 0.1) is 2.88 Å². The Hall–Kier alpha value is -0.590. The molecule has 0 aliphatic carbocycles. The molecular formula is C16H20INOS. The zero-order valence-electron chi connectivity index (χ0n) is 11.9. The Morgan fingerprint density at radius 3 is 2.50 bits per heavy atom. The van der Waals surface area contributed by atoms with Crippen molar-refractivity contribution in [3.8, 4) is 5.75 Å². The highest BCUT2D eigenvalue weighted by atomic mass is 127. The quantitative estimate of drug-likeness (QED) is 0.671. The van der Waals surface area contributed by atoms with Gasteiger partial charge in [0.15, 0.2) is 0 Å². The van der Waals surface area contributed by atoms with Crippen LogP contribution in [0.15, 0.2) is 35.7 Å². The Morgan fingerprint density at radius 1 is 1.20 bits per heavy atom. The predicted octanol–water partition coefficient (Wildman–Crippen LogP) is 4.84. The third-order valence-corrected chi connectivity index (χ3v) is 4.85. The van der Waals surface area contributed by atoms with E-state index in [1.807, 2.05) is 6.92 Å². The molecule has 0 saturated heterocycles. The summed E-state index contributed by atoms with van der Waals surface area (Å²) < 4.78 is 6.84. The standard InChI is InChI=1S/C16H20INOS/c1-3-9-18-16(13-10-15(17)20-11-13)12-5-7-14(8-6-12)19-4-2/h5-8,10-11,16,18H,3-4,9H2,1-2H3. The van der Waals surface area contributed by atoms with Crippen molar-refractivity contribution >= 4 is 33.9 Å². The second-order valence-corrected chi connectivity index (χ2v) is 7.38. The average molecular weight is 401 g/mol. The van der Waals surface area contributed by atoms with Gasteiger partial charge in [-0.2, -0.15) is 0 Å². The second kappa shape index (κ2) is 8.00. The number of benzene rings is 1. The van der Waals surface area contributed by atoms with Crippen LogP contribution in [0.3, 0.4) is 0 Å². The van der Waals surface area contributed by atoms with E-state index in [0.717, 1.165) is 18.7 Å². The van der Waals surface area contributed by atoms with E-state index in [1.165, 1.54) is 14.0 Å². The van der Waals surface area contributed by atoms with E-state index >= 15 is 0 Å². The molecule has 1 aromatic heterocycles. The van der Waals surface area contributed by atoms with Crippen LogP contribution >= 0.6 is 33.9 Å².